The molecule has 0 saturated heterocycles. The Hall–Kier alpha value is -0.700. The third-order valence-electron chi connectivity index (χ3n) is 6.03. The number of rotatable bonds is 6. The average Bonchev–Trinajstić information content (AvgIpc) is 2.57. The van der Waals surface area contributed by atoms with E-state index in [1.54, 1.807) is 0 Å². The van der Waals surface area contributed by atoms with Gasteiger partial charge >= 0.3 is 0 Å². The van der Waals surface area contributed by atoms with E-state index in [9.17, 15) is 0 Å². The lowest BCUT2D eigenvalue weighted by Crippen LogP contribution is -2.25. The van der Waals surface area contributed by atoms with Gasteiger partial charge in [-0.1, -0.05) is 38.2 Å². The molecule has 0 aliphatic heterocycles. The van der Waals surface area contributed by atoms with E-state index in [1.165, 1.54) is 77.0 Å². The van der Waals surface area contributed by atoms with Gasteiger partial charge in [0.25, 0.3) is 0 Å². The summed E-state index contributed by atoms with van der Waals surface area (Å²) in [5.41, 5.74) is 0. The molecule has 0 aromatic heterocycles. The second-order valence-corrected chi connectivity index (χ2v) is 7.68. The van der Waals surface area contributed by atoms with Crippen molar-refractivity contribution in [2.24, 2.45) is 23.7 Å². The van der Waals surface area contributed by atoms with E-state index in [0.717, 1.165) is 30.1 Å². The highest BCUT2D eigenvalue weighted by Gasteiger charge is 2.30. The van der Waals surface area contributed by atoms with Crippen molar-refractivity contribution in [2.45, 2.75) is 90.4 Å². The molecule has 0 heteroatoms. The maximum absolute atomic E-state index is 3.84. The fraction of sp³-hybridized carbons (Fsp3) is 0.818. The zero-order valence-electron chi connectivity index (χ0n) is 14.8. The van der Waals surface area contributed by atoms with Crippen LogP contribution in [0.15, 0.2) is 12.7 Å². The van der Waals surface area contributed by atoms with Crippen LogP contribution in [0.1, 0.15) is 90.4 Å². The van der Waals surface area contributed by atoms with E-state index in [2.05, 4.69) is 31.4 Å². The van der Waals surface area contributed by atoms with Crippen molar-refractivity contribution in [3.8, 4) is 11.8 Å². The highest BCUT2D eigenvalue weighted by Crippen LogP contribution is 2.42. The molecule has 0 aromatic rings. The summed E-state index contributed by atoms with van der Waals surface area (Å²) in [5, 5.41) is 0. The molecule has 0 spiro atoms. The van der Waals surface area contributed by atoms with E-state index in [1.807, 2.05) is 0 Å². The quantitative estimate of drug-likeness (QED) is 0.289. The summed E-state index contributed by atoms with van der Waals surface area (Å²) in [6.07, 6.45) is 20.1. The second-order valence-electron chi connectivity index (χ2n) is 7.68. The van der Waals surface area contributed by atoms with E-state index in [0.29, 0.717) is 0 Å². The van der Waals surface area contributed by atoms with Gasteiger partial charge in [-0.25, -0.2) is 0 Å². The van der Waals surface area contributed by atoms with Gasteiger partial charge in [0.05, 0.1) is 0 Å². The molecule has 0 nitrogen and oxygen atoms in total. The molecule has 0 bridgehead atoms. The summed E-state index contributed by atoms with van der Waals surface area (Å²) in [6, 6.07) is 0. The zero-order chi connectivity index (χ0) is 15.6. The minimum absolute atomic E-state index is 0.720. The lowest BCUT2D eigenvalue weighted by molar-refractivity contribution is 0.153. The van der Waals surface area contributed by atoms with Gasteiger partial charge in [0, 0.05) is 12.3 Å². The topological polar surface area (TPSA) is 0 Å². The van der Waals surface area contributed by atoms with E-state index in [4.69, 9.17) is 0 Å². The first-order valence-electron chi connectivity index (χ1n) is 9.92. The number of hydrogen-bond donors (Lipinski definition) is 0. The lowest BCUT2D eigenvalue weighted by atomic mass is 9.69. The Balaban J connectivity index is 1.64. The second kappa shape index (κ2) is 10.1. The Morgan fingerprint density at radius 2 is 1.59 bits per heavy atom. The summed E-state index contributed by atoms with van der Waals surface area (Å²) >= 11 is 0. The molecule has 2 rings (SSSR count). The predicted molar refractivity (Wildman–Crippen MR) is 97.6 cm³/mol. The van der Waals surface area contributed by atoms with Crippen molar-refractivity contribution < 1.29 is 0 Å². The Bertz CT molecular complexity index is 353. The zero-order valence-corrected chi connectivity index (χ0v) is 14.8. The molecule has 0 amide bonds. The summed E-state index contributed by atoms with van der Waals surface area (Å²) in [7, 11) is 0. The SMILES string of the molecule is C=CCCCC1CCC(C2CCC(C#CCCC)CC2)CC1. The summed E-state index contributed by atoms with van der Waals surface area (Å²) in [6.45, 7) is 6.06. The molecule has 2 fully saturated rings. The third-order valence-corrected chi connectivity index (χ3v) is 6.03. The van der Waals surface area contributed by atoms with Gasteiger partial charge in [-0.3, -0.25) is 0 Å². The van der Waals surface area contributed by atoms with Crippen LogP contribution < -0.4 is 0 Å². The molecule has 0 N–H and O–H groups in total. The highest BCUT2D eigenvalue weighted by atomic mass is 14.3. The first-order chi connectivity index (χ1) is 10.8. The highest BCUT2D eigenvalue weighted by molar-refractivity contribution is 5.04. The summed E-state index contributed by atoms with van der Waals surface area (Å²) in [4.78, 5) is 0. The lowest BCUT2D eigenvalue weighted by Gasteiger charge is -2.37. The molecule has 22 heavy (non-hydrogen) atoms. The third kappa shape index (κ3) is 5.83. The van der Waals surface area contributed by atoms with Gasteiger partial charge in [-0.15, -0.1) is 12.5 Å². The largest absolute Gasteiger partial charge is 0.103 e. The summed E-state index contributed by atoms with van der Waals surface area (Å²) < 4.78 is 0. The molecule has 0 heterocycles. The van der Waals surface area contributed by atoms with Crippen LogP contribution in [0.2, 0.25) is 0 Å². The van der Waals surface area contributed by atoms with Crippen molar-refractivity contribution in [3.05, 3.63) is 12.7 Å². The Labute approximate surface area is 139 Å². The van der Waals surface area contributed by atoms with E-state index >= 15 is 0 Å². The maximum Gasteiger partial charge on any atom is 0.0203 e. The van der Waals surface area contributed by atoms with Crippen LogP contribution >= 0.6 is 0 Å². The smallest absolute Gasteiger partial charge is 0.0203 e. The molecule has 0 atom stereocenters. The maximum atomic E-state index is 3.84. The van der Waals surface area contributed by atoms with Crippen molar-refractivity contribution >= 4 is 0 Å². The number of unbranched alkanes of at least 4 members (excludes halogenated alkanes) is 2. The van der Waals surface area contributed by atoms with Crippen LogP contribution in [-0.2, 0) is 0 Å². The number of hydrogen-bond acceptors (Lipinski definition) is 0. The van der Waals surface area contributed by atoms with Crippen molar-refractivity contribution in [1.29, 1.82) is 0 Å². The molecule has 2 aliphatic carbocycles. The van der Waals surface area contributed by atoms with E-state index < -0.39 is 0 Å². The molecular formula is C22H36. The standard InChI is InChI=1S/C22H36/c1-3-5-7-9-19-11-15-21(16-12-19)22-17-13-20(14-18-22)10-8-6-4-2/h3,19-22H,1,4-7,9,11-18H2,2H3. The van der Waals surface area contributed by atoms with Gasteiger partial charge in [0.2, 0.25) is 0 Å². The Morgan fingerprint density at radius 1 is 0.955 bits per heavy atom. The van der Waals surface area contributed by atoms with Crippen LogP contribution in [-0.4, -0.2) is 0 Å². The first-order valence-corrected chi connectivity index (χ1v) is 9.92. The molecule has 0 radical (unpaired) electrons. The molecular weight excluding hydrogens is 264 g/mol. The molecule has 2 saturated carbocycles. The van der Waals surface area contributed by atoms with Gasteiger partial charge < -0.3 is 0 Å². The van der Waals surface area contributed by atoms with Crippen molar-refractivity contribution in [1.82, 2.24) is 0 Å². The normalized spacial score (nSPS) is 32.0. The number of allylic oxidation sites excluding steroid dienone is 1. The van der Waals surface area contributed by atoms with Crippen molar-refractivity contribution in [2.75, 3.05) is 0 Å². The minimum atomic E-state index is 0.720. The Kier molecular flexibility index (Phi) is 8.14. The monoisotopic (exact) mass is 300 g/mol. The fourth-order valence-corrected chi connectivity index (χ4v) is 4.58. The van der Waals surface area contributed by atoms with Gasteiger partial charge in [-0.05, 0) is 75.5 Å². The molecule has 2 aliphatic rings. The van der Waals surface area contributed by atoms with Crippen molar-refractivity contribution in [3.63, 3.8) is 0 Å². The molecule has 124 valence electrons. The van der Waals surface area contributed by atoms with Crippen LogP contribution in [0, 0.1) is 35.5 Å². The average molecular weight is 301 g/mol. The van der Waals surface area contributed by atoms with Crippen LogP contribution in [0.3, 0.4) is 0 Å². The summed E-state index contributed by atoms with van der Waals surface area (Å²) in [5.74, 6) is 10.7. The Morgan fingerprint density at radius 3 is 2.18 bits per heavy atom. The molecule has 0 aromatic carbocycles. The van der Waals surface area contributed by atoms with E-state index in [-0.39, 0.29) is 0 Å². The molecule has 0 unspecified atom stereocenters. The fourth-order valence-electron chi connectivity index (χ4n) is 4.58. The predicted octanol–water partition coefficient (Wildman–Crippen LogP) is 6.76. The van der Waals surface area contributed by atoms with Crippen LogP contribution in [0.5, 0.6) is 0 Å². The van der Waals surface area contributed by atoms with Crippen LogP contribution in [0.25, 0.3) is 0 Å². The van der Waals surface area contributed by atoms with Gasteiger partial charge in [0.15, 0.2) is 0 Å². The van der Waals surface area contributed by atoms with Gasteiger partial charge in [-0.2, -0.15) is 0 Å². The van der Waals surface area contributed by atoms with Gasteiger partial charge in [0.1, 0.15) is 0 Å². The minimum Gasteiger partial charge on any atom is -0.103 e. The first kappa shape index (κ1) is 17.7. The van der Waals surface area contributed by atoms with Crippen LogP contribution in [0.4, 0.5) is 0 Å².